The third-order valence-corrected chi connectivity index (χ3v) is 5.35. The topological polar surface area (TPSA) is 99.4 Å². The molecule has 1 amide bonds. The minimum Gasteiger partial charge on any atom is -0.479 e. The molecule has 4 heterocycles. The first kappa shape index (κ1) is 16.9. The number of hydrogen-bond donors (Lipinski definition) is 1. The lowest BCUT2D eigenvalue weighted by Gasteiger charge is -2.22. The van der Waals surface area contributed by atoms with Crippen LogP contribution in [0.1, 0.15) is 40.8 Å². The third kappa shape index (κ3) is 3.15. The average Bonchev–Trinajstić information content (AvgIpc) is 3.27. The van der Waals surface area contributed by atoms with Crippen LogP contribution in [-0.2, 0) is 4.74 Å². The van der Waals surface area contributed by atoms with Crippen molar-refractivity contribution in [2.24, 2.45) is 0 Å². The SMILES string of the molecule is COc1ncc(C2CCOCC2)c2sc(NC(=O)c3cnc(C)o3)nc12. The fourth-order valence-electron chi connectivity index (χ4n) is 3.04. The van der Waals surface area contributed by atoms with E-state index in [4.69, 9.17) is 13.9 Å². The van der Waals surface area contributed by atoms with Gasteiger partial charge in [-0.15, -0.1) is 0 Å². The second kappa shape index (κ2) is 7.00. The van der Waals surface area contributed by atoms with Crippen LogP contribution in [0, 0.1) is 6.92 Å². The molecule has 136 valence electrons. The first-order valence-corrected chi connectivity index (χ1v) is 9.12. The number of thiazole rings is 1. The summed E-state index contributed by atoms with van der Waals surface area (Å²) in [6.07, 6.45) is 5.13. The van der Waals surface area contributed by atoms with Crippen molar-refractivity contribution in [2.45, 2.75) is 25.7 Å². The van der Waals surface area contributed by atoms with Crippen LogP contribution in [0.3, 0.4) is 0 Å². The van der Waals surface area contributed by atoms with Crippen molar-refractivity contribution in [3.63, 3.8) is 0 Å². The summed E-state index contributed by atoms with van der Waals surface area (Å²) in [5.74, 6) is 1.02. The number of ether oxygens (including phenoxy) is 2. The van der Waals surface area contributed by atoms with Gasteiger partial charge in [0.25, 0.3) is 5.91 Å². The Hall–Kier alpha value is -2.52. The summed E-state index contributed by atoms with van der Waals surface area (Å²) in [7, 11) is 1.56. The molecule has 0 atom stereocenters. The van der Waals surface area contributed by atoms with E-state index < -0.39 is 0 Å². The van der Waals surface area contributed by atoms with Gasteiger partial charge in [0.1, 0.15) is 5.52 Å². The minimum atomic E-state index is -0.385. The maximum absolute atomic E-state index is 12.3. The molecule has 4 rings (SSSR count). The lowest BCUT2D eigenvalue weighted by Crippen LogP contribution is -2.14. The molecular formula is C17H18N4O4S. The van der Waals surface area contributed by atoms with Gasteiger partial charge in [-0.3, -0.25) is 10.1 Å². The third-order valence-electron chi connectivity index (χ3n) is 4.33. The van der Waals surface area contributed by atoms with Gasteiger partial charge in [-0.05, 0) is 24.3 Å². The number of amides is 1. The van der Waals surface area contributed by atoms with Crippen molar-refractivity contribution in [1.82, 2.24) is 15.0 Å². The molecule has 3 aromatic heterocycles. The lowest BCUT2D eigenvalue weighted by molar-refractivity contribution is 0.0855. The largest absolute Gasteiger partial charge is 0.479 e. The smallest absolute Gasteiger partial charge is 0.294 e. The number of rotatable bonds is 4. The molecule has 1 saturated heterocycles. The quantitative estimate of drug-likeness (QED) is 0.749. The van der Waals surface area contributed by atoms with Crippen LogP contribution in [0.25, 0.3) is 10.2 Å². The van der Waals surface area contributed by atoms with Crippen LogP contribution in [0.15, 0.2) is 16.8 Å². The second-order valence-electron chi connectivity index (χ2n) is 6.00. The lowest BCUT2D eigenvalue weighted by atomic mass is 9.93. The number of nitrogens with one attached hydrogen (secondary N) is 1. The summed E-state index contributed by atoms with van der Waals surface area (Å²) in [6, 6.07) is 0. The number of pyridine rings is 1. The van der Waals surface area contributed by atoms with E-state index in [9.17, 15) is 4.79 Å². The number of hydrogen-bond acceptors (Lipinski definition) is 8. The highest BCUT2D eigenvalue weighted by Gasteiger charge is 2.23. The molecule has 0 aliphatic carbocycles. The van der Waals surface area contributed by atoms with Crippen molar-refractivity contribution < 1.29 is 18.7 Å². The van der Waals surface area contributed by atoms with Gasteiger partial charge in [-0.1, -0.05) is 11.3 Å². The Morgan fingerprint density at radius 2 is 2.12 bits per heavy atom. The standard InChI is InChI=1S/C17H18N4O4S/c1-9-18-8-12(25-9)15(22)21-17-20-13-14(26-17)11(7-19-16(13)23-2)10-3-5-24-6-4-10/h7-8,10H,3-6H2,1-2H3,(H,20,21,22). The minimum absolute atomic E-state index is 0.150. The van der Waals surface area contributed by atoms with Gasteiger partial charge in [-0.2, -0.15) is 0 Å². The zero-order chi connectivity index (χ0) is 18.1. The molecule has 1 aliphatic heterocycles. The summed E-state index contributed by atoms with van der Waals surface area (Å²) >= 11 is 1.41. The van der Waals surface area contributed by atoms with Gasteiger partial charge in [0, 0.05) is 26.3 Å². The average molecular weight is 374 g/mol. The number of fused-ring (bicyclic) bond motifs is 1. The fraction of sp³-hybridized carbons (Fsp3) is 0.412. The van der Waals surface area contributed by atoms with Gasteiger partial charge in [0.05, 0.1) is 18.0 Å². The molecule has 1 N–H and O–H groups in total. The van der Waals surface area contributed by atoms with E-state index in [2.05, 4.69) is 20.3 Å². The van der Waals surface area contributed by atoms with E-state index in [1.165, 1.54) is 17.5 Å². The van der Waals surface area contributed by atoms with Crippen LogP contribution in [0.2, 0.25) is 0 Å². The van der Waals surface area contributed by atoms with E-state index >= 15 is 0 Å². The highest BCUT2D eigenvalue weighted by molar-refractivity contribution is 7.22. The predicted molar refractivity (Wildman–Crippen MR) is 96.0 cm³/mol. The van der Waals surface area contributed by atoms with Gasteiger partial charge in [-0.25, -0.2) is 15.0 Å². The molecule has 26 heavy (non-hydrogen) atoms. The Kier molecular flexibility index (Phi) is 4.56. The first-order chi connectivity index (χ1) is 12.7. The zero-order valence-corrected chi connectivity index (χ0v) is 15.3. The Morgan fingerprint density at radius 3 is 2.81 bits per heavy atom. The molecule has 0 bridgehead atoms. The molecular weight excluding hydrogens is 356 g/mol. The van der Waals surface area contributed by atoms with Crippen molar-refractivity contribution >= 4 is 32.6 Å². The molecule has 0 spiro atoms. The first-order valence-electron chi connectivity index (χ1n) is 8.30. The number of anilines is 1. The highest BCUT2D eigenvalue weighted by atomic mass is 32.1. The second-order valence-corrected chi connectivity index (χ2v) is 7.00. The summed E-state index contributed by atoms with van der Waals surface area (Å²) in [4.78, 5) is 25.2. The summed E-state index contributed by atoms with van der Waals surface area (Å²) < 4.78 is 17.0. The molecule has 8 nitrogen and oxygen atoms in total. The Bertz CT molecular complexity index is 946. The number of oxazole rings is 1. The van der Waals surface area contributed by atoms with Gasteiger partial charge in [0.15, 0.2) is 11.0 Å². The van der Waals surface area contributed by atoms with Crippen LogP contribution in [-0.4, -0.2) is 41.2 Å². The Morgan fingerprint density at radius 1 is 1.31 bits per heavy atom. The molecule has 9 heteroatoms. The van der Waals surface area contributed by atoms with Crippen molar-refractivity contribution in [1.29, 1.82) is 0 Å². The Balaban J connectivity index is 1.69. The van der Waals surface area contributed by atoms with Crippen LogP contribution in [0.5, 0.6) is 5.88 Å². The van der Waals surface area contributed by atoms with E-state index in [1.807, 2.05) is 6.20 Å². The van der Waals surface area contributed by atoms with Crippen LogP contribution >= 0.6 is 11.3 Å². The summed E-state index contributed by atoms with van der Waals surface area (Å²) in [5, 5.41) is 3.24. The van der Waals surface area contributed by atoms with E-state index in [0.29, 0.717) is 28.3 Å². The summed E-state index contributed by atoms with van der Waals surface area (Å²) in [6.45, 7) is 3.17. The van der Waals surface area contributed by atoms with Gasteiger partial charge < -0.3 is 13.9 Å². The zero-order valence-electron chi connectivity index (χ0n) is 14.4. The van der Waals surface area contributed by atoms with Crippen molar-refractivity contribution in [3.8, 4) is 5.88 Å². The number of carbonyl (C=O) groups excluding carboxylic acids is 1. The van der Waals surface area contributed by atoms with Gasteiger partial charge in [0.2, 0.25) is 11.6 Å². The fourth-order valence-corrected chi connectivity index (χ4v) is 4.08. The highest BCUT2D eigenvalue weighted by Crippen LogP contribution is 2.39. The monoisotopic (exact) mass is 374 g/mol. The number of nitrogens with zero attached hydrogens (tertiary/aromatic N) is 3. The van der Waals surface area contributed by atoms with Gasteiger partial charge >= 0.3 is 0 Å². The molecule has 1 fully saturated rings. The van der Waals surface area contributed by atoms with Crippen LogP contribution < -0.4 is 10.1 Å². The maximum Gasteiger partial charge on any atom is 0.294 e. The summed E-state index contributed by atoms with van der Waals surface area (Å²) in [5.41, 5.74) is 1.78. The molecule has 0 saturated carbocycles. The molecule has 0 radical (unpaired) electrons. The molecule has 3 aromatic rings. The van der Waals surface area contributed by atoms with Crippen molar-refractivity contribution in [3.05, 3.63) is 29.6 Å². The normalized spacial score (nSPS) is 15.3. The number of aromatic nitrogens is 3. The van der Waals surface area contributed by atoms with E-state index in [1.54, 1.807) is 14.0 Å². The number of aryl methyl sites for hydroxylation is 1. The Labute approximate surface area is 153 Å². The predicted octanol–water partition coefficient (Wildman–Crippen LogP) is 3.14. The number of carbonyl (C=O) groups is 1. The van der Waals surface area contributed by atoms with E-state index in [0.717, 1.165) is 36.3 Å². The maximum atomic E-state index is 12.3. The molecule has 0 unspecified atom stereocenters. The van der Waals surface area contributed by atoms with E-state index in [-0.39, 0.29) is 11.7 Å². The van der Waals surface area contributed by atoms with Crippen LogP contribution in [0.4, 0.5) is 5.13 Å². The molecule has 1 aliphatic rings. The molecule has 0 aromatic carbocycles. The van der Waals surface area contributed by atoms with Crippen molar-refractivity contribution in [2.75, 3.05) is 25.6 Å². The number of methoxy groups -OCH3 is 1.